The first-order valence-electron chi connectivity index (χ1n) is 5.94. The van der Waals surface area contributed by atoms with E-state index in [4.69, 9.17) is 0 Å². The second-order valence-corrected chi connectivity index (χ2v) is 5.81. The Morgan fingerprint density at radius 1 is 1.59 bits per heavy atom. The summed E-state index contributed by atoms with van der Waals surface area (Å²) >= 11 is 1.86. The fourth-order valence-electron chi connectivity index (χ4n) is 1.65. The number of hydrogen-bond acceptors (Lipinski definition) is 5. The first kappa shape index (κ1) is 12.4. The molecule has 0 saturated carbocycles. The molecule has 6 heteroatoms. The summed E-state index contributed by atoms with van der Waals surface area (Å²) in [4.78, 5) is 4.51. The third kappa shape index (κ3) is 3.21. The summed E-state index contributed by atoms with van der Waals surface area (Å²) in [5.74, 6) is 1.68. The minimum Gasteiger partial charge on any atom is -0.364 e. The summed E-state index contributed by atoms with van der Waals surface area (Å²) in [5.41, 5.74) is 0. The molecule has 2 rings (SSSR count). The number of nitrogens with one attached hydrogen (secondary N) is 1. The van der Waals surface area contributed by atoms with E-state index < -0.39 is 0 Å². The van der Waals surface area contributed by atoms with E-state index in [-0.39, 0.29) is 0 Å². The maximum absolute atomic E-state index is 4.51. The van der Waals surface area contributed by atoms with Crippen molar-refractivity contribution in [3.8, 4) is 0 Å². The highest BCUT2D eigenvalue weighted by molar-refractivity contribution is 8.14. The molecule has 1 aromatic heterocycles. The molecule has 0 radical (unpaired) electrons. The summed E-state index contributed by atoms with van der Waals surface area (Å²) in [5, 5.41) is 13.0. The average molecular weight is 253 g/mol. The first-order chi connectivity index (χ1) is 8.16. The Morgan fingerprint density at radius 3 is 3.00 bits per heavy atom. The van der Waals surface area contributed by atoms with Crippen LogP contribution in [-0.2, 0) is 13.5 Å². The van der Waals surface area contributed by atoms with Crippen molar-refractivity contribution in [3.05, 3.63) is 12.2 Å². The summed E-state index contributed by atoms with van der Waals surface area (Å²) in [6, 6.07) is 0. The van der Waals surface area contributed by atoms with Gasteiger partial charge in [-0.1, -0.05) is 25.6 Å². The molecule has 0 saturated heterocycles. The van der Waals surface area contributed by atoms with Crippen molar-refractivity contribution >= 4 is 16.9 Å². The summed E-state index contributed by atoms with van der Waals surface area (Å²) < 4.78 is 1.95. The van der Waals surface area contributed by atoms with Crippen molar-refractivity contribution in [1.29, 1.82) is 0 Å². The Hall–Kier alpha value is -1.04. The summed E-state index contributed by atoms with van der Waals surface area (Å²) in [6.45, 7) is 6.29. The molecular weight excluding hydrogens is 234 g/mol. The minimum absolute atomic E-state index is 0.632. The van der Waals surface area contributed by atoms with Crippen LogP contribution in [0.5, 0.6) is 0 Å². The van der Waals surface area contributed by atoms with Gasteiger partial charge in [-0.15, -0.1) is 10.2 Å². The molecule has 0 bridgehead atoms. The SMILES string of the molecule is CC(C)C1CN=C(NCCc2nncn2C)S1. The lowest BCUT2D eigenvalue weighted by Crippen LogP contribution is -2.23. The van der Waals surface area contributed by atoms with E-state index in [1.165, 1.54) is 0 Å². The Balaban J connectivity index is 1.72. The zero-order valence-electron chi connectivity index (χ0n) is 10.6. The number of aryl methyl sites for hydroxylation is 1. The van der Waals surface area contributed by atoms with Crippen LogP contribution in [-0.4, -0.2) is 38.3 Å². The molecule has 94 valence electrons. The molecule has 0 fully saturated rings. The van der Waals surface area contributed by atoms with Crippen molar-refractivity contribution < 1.29 is 0 Å². The van der Waals surface area contributed by atoms with Gasteiger partial charge in [0.2, 0.25) is 0 Å². The molecule has 1 unspecified atom stereocenters. The number of aromatic nitrogens is 3. The monoisotopic (exact) mass is 253 g/mol. The molecule has 0 amide bonds. The van der Waals surface area contributed by atoms with Crippen molar-refractivity contribution in [2.75, 3.05) is 13.1 Å². The molecule has 1 N–H and O–H groups in total. The zero-order chi connectivity index (χ0) is 12.3. The van der Waals surface area contributed by atoms with Crippen LogP contribution in [0.15, 0.2) is 11.3 Å². The lowest BCUT2D eigenvalue weighted by molar-refractivity contribution is 0.621. The van der Waals surface area contributed by atoms with Gasteiger partial charge in [-0.3, -0.25) is 4.99 Å². The van der Waals surface area contributed by atoms with E-state index in [2.05, 4.69) is 34.4 Å². The molecule has 1 aliphatic heterocycles. The first-order valence-corrected chi connectivity index (χ1v) is 6.82. The smallest absolute Gasteiger partial charge is 0.156 e. The Kier molecular flexibility index (Phi) is 4.04. The lowest BCUT2D eigenvalue weighted by atomic mass is 10.1. The maximum atomic E-state index is 4.51. The van der Waals surface area contributed by atoms with Gasteiger partial charge in [0.1, 0.15) is 12.2 Å². The fraction of sp³-hybridized carbons (Fsp3) is 0.727. The number of rotatable bonds is 4. The predicted molar refractivity (Wildman–Crippen MR) is 71.2 cm³/mol. The molecule has 1 atom stereocenters. The molecule has 1 aromatic rings. The third-order valence-electron chi connectivity index (χ3n) is 2.85. The second-order valence-electron chi connectivity index (χ2n) is 4.58. The maximum Gasteiger partial charge on any atom is 0.156 e. The van der Waals surface area contributed by atoms with E-state index >= 15 is 0 Å². The average Bonchev–Trinajstić information content (AvgIpc) is 2.89. The van der Waals surface area contributed by atoms with Crippen LogP contribution in [0.3, 0.4) is 0 Å². The standard InChI is InChI=1S/C11H19N5S/c1-8(2)9-6-13-11(17-9)12-5-4-10-15-14-7-16(10)3/h7-9H,4-6H2,1-3H3,(H,12,13). The Labute approximate surface area is 106 Å². The lowest BCUT2D eigenvalue weighted by Gasteiger charge is -2.12. The van der Waals surface area contributed by atoms with E-state index in [0.717, 1.165) is 30.5 Å². The van der Waals surface area contributed by atoms with Gasteiger partial charge in [0, 0.05) is 25.3 Å². The molecule has 0 aliphatic carbocycles. The van der Waals surface area contributed by atoms with E-state index in [0.29, 0.717) is 11.2 Å². The van der Waals surface area contributed by atoms with Crippen LogP contribution < -0.4 is 5.32 Å². The normalized spacial score (nSPS) is 19.8. The van der Waals surface area contributed by atoms with Gasteiger partial charge in [-0.25, -0.2) is 0 Å². The number of hydrogen-bond donors (Lipinski definition) is 1. The minimum atomic E-state index is 0.632. The van der Waals surface area contributed by atoms with Gasteiger partial charge in [-0.05, 0) is 5.92 Å². The molecule has 0 aromatic carbocycles. The van der Waals surface area contributed by atoms with Gasteiger partial charge < -0.3 is 9.88 Å². The Bertz CT molecular complexity index is 398. The largest absolute Gasteiger partial charge is 0.364 e. The third-order valence-corrected chi connectivity index (χ3v) is 4.34. The van der Waals surface area contributed by atoms with Crippen LogP contribution in [0, 0.1) is 5.92 Å². The van der Waals surface area contributed by atoms with Crippen molar-refractivity contribution in [2.24, 2.45) is 18.0 Å². The summed E-state index contributed by atoms with van der Waals surface area (Å²) in [7, 11) is 1.96. The summed E-state index contributed by atoms with van der Waals surface area (Å²) in [6.07, 6.45) is 2.61. The highest BCUT2D eigenvalue weighted by Gasteiger charge is 2.22. The number of amidine groups is 1. The van der Waals surface area contributed by atoms with Crippen molar-refractivity contribution in [3.63, 3.8) is 0 Å². The zero-order valence-corrected chi connectivity index (χ0v) is 11.4. The molecule has 17 heavy (non-hydrogen) atoms. The van der Waals surface area contributed by atoms with Gasteiger partial charge in [0.25, 0.3) is 0 Å². The van der Waals surface area contributed by atoms with Crippen LogP contribution in [0.1, 0.15) is 19.7 Å². The predicted octanol–water partition coefficient (Wildman–Crippen LogP) is 1.07. The molecular formula is C11H19N5S. The van der Waals surface area contributed by atoms with Gasteiger partial charge in [0.05, 0.1) is 6.54 Å². The van der Waals surface area contributed by atoms with Crippen LogP contribution >= 0.6 is 11.8 Å². The quantitative estimate of drug-likeness (QED) is 0.872. The van der Waals surface area contributed by atoms with Crippen LogP contribution in [0.25, 0.3) is 0 Å². The molecule has 2 heterocycles. The van der Waals surface area contributed by atoms with Crippen molar-refractivity contribution in [2.45, 2.75) is 25.5 Å². The van der Waals surface area contributed by atoms with Gasteiger partial charge in [-0.2, -0.15) is 0 Å². The highest BCUT2D eigenvalue weighted by Crippen LogP contribution is 2.25. The topological polar surface area (TPSA) is 55.1 Å². The van der Waals surface area contributed by atoms with E-state index in [9.17, 15) is 0 Å². The molecule has 1 aliphatic rings. The number of nitrogens with zero attached hydrogens (tertiary/aromatic N) is 4. The number of thioether (sulfide) groups is 1. The van der Waals surface area contributed by atoms with Crippen LogP contribution in [0.2, 0.25) is 0 Å². The molecule has 0 spiro atoms. The van der Waals surface area contributed by atoms with E-state index in [1.807, 2.05) is 23.4 Å². The second kappa shape index (κ2) is 5.53. The van der Waals surface area contributed by atoms with Gasteiger partial charge in [0.15, 0.2) is 5.17 Å². The fourth-order valence-corrected chi connectivity index (χ4v) is 2.69. The van der Waals surface area contributed by atoms with Crippen molar-refractivity contribution in [1.82, 2.24) is 20.1 Å². The highest BCUT2D eigenvalue weighted by atomic mass is 32.2. The number of aliphatic imine (C=N–C) groups is 1. The molecule has 5 nitrogen and oxygen atoms in total. The van der Waals surface area contributed by atoms with Gasteiger partial charge >= 0.3 is 0 Å². The van der Waals surface area contributed by atoms with E-state index in [1.54, 1.807) is 6.33 Å². The van der Waals surface area contributed by atoms with Crippen LogP contribution in [0.4, 0.5) is 0 Å². The Morgan fingerprint density at radius 2 is 2.41 bits per heavy atom.